The Balaban J connectivity index is 2.05. The summed E-state index contributed by atoms with van der Waals surface area (Å²) in [7, 11) is 0. The van der Waals surface area contributed by atoms with Crippen LogP contribution in [0, 0.1) is 5.82 Å². The van der Waals surface area contributed by atoms with Crippen LogP contribution in [0.4, 0.5) is 4.39 Å². The first-order valence-corrected chi connectivity index (χ1v) is 5.57. The zero-order valence-corrected chi connectivity index (χ0v) is 9.03. The van der Waals surface area contributed by atoms with Gasteiger partial charge in [-0.3, -0.25) is 0 Å². The molecule has 2 atom stereocenters. The molecule has 1 aromatic carbocycles. The van der Waals surface area contributed by atoms with Crippen molar-refractivity contribution < 1.29 is 14.2 Å². The fourth-order valence-electron chi connectivity index (χ4n) is 1.84. The molecule has 0 aliphatic carbocycles. The monoisotopic (exact) mass is 225 g/mol. The Morgan fingerprint density at radius 3 is 2.81 bits per heavy atom. The van der Waals surface area contributed by atoms with Crippen LogP contribution in [0.2, 0.25) is 0 Å². The van der Waals surface area contributed by atoms with E-state index in [-0.39, 0.29) is 17.7 Å². The highest BCUT2D eigenvalue weighted by Gasteiger charge is 2.23. The van der Waals surface area contributed by atoms with Gasteiger partial charge >= 0.3 is 0 Å². The normalized spacial score (nSPS) is 26.1. The molecular weight excluding hydrogens is 209 g/mol. The highest BCUT2D eigenvalue weighted by atomic mass is 19.1. The van der Waals surface area contributed by atoms with Gasteiger partial charge in [0.25, 0.3) is 0 Å². The average molecular weight is 225 g/mol. The van der Waals surface area contributed by atoms with Crippen molar-refractivity contribution in [1.82, 2.24) is 5.32 Å². The van der Waals surface area contributed by atoms with Crippen molar-refractivity contribution in [2.45, 2.75) is 25.0 Å². The average Bonchev–Trinajstić information content (AvgIpc) is 2.48. The second-order valence-corrected chi connectivity index (χ2v) is 3.98. The van der Waals surface area contributed by atoms with Crippen LogP contribution < -0.4 is 10.1 Å². The van der Waals surface area contributed by atoms with Crippen molar-refractivity contribution in [3.8, 4) is 5.75 Å². The van der Waals surface area contributed by atoms with Gasteiger partial charge in [0.1, 0.15) is 6.10 Å². The third kappa shape index (κ3) is 2.71. The first kappa shape index (κ1) is 11.4. The van der Waals surface area contributed by atoms with Gasteiger partial charge in [-0.15, -0.1) is 0 Å². The van der Waals surface area contributed by atoms with Crippen LogP contribution in [-0.2, 0) is 0 Å². The third-order valence-electron chi connectivity index (χ3n) is 2.77. The standard InChI is InChI=1S/C12H16FNO2/c13-9-3-1-2-4-11(9)16-12-6-8-14-7-5-10(12)15/h1-4,10,12,14-15H,5-8H2/t10-,12-/m0/s1. The molecule has 0 aromatic heterocycles. The van der Waals surface area contributed by atoms with Crippen LogP contribution in [-0.4, -0.2) is 30.4 Å². The quantitative estimate of drug-likeness (QED) is 0.797. The van der Waals surface area contributed by atoms with Gasteiger partial charge in [-0.2, -0.15) is 0 Å². The Kier molecular flexibility index (Phi) is 3.74. The summed E-state index contributed by atoms with van der Waals surface area (Å²) < 4.78 is 18.9. The number of benzene rings is 1. The maximum Gasteiger partial charge on any atom is 0.165 e. The Hall–Kier alpha value is -1.13. The molecule has 2 N–H and O–H groups in total. The van der Waals surface area contributed by atoms with E-state index >= 15 is 0 Å². The fourth-order valence-corrected chi connectivity index (χ4v) is 1.84. The SMILES string of the molecule is O[C@H]1CCNCC[C@@H]1Oc1ccccc1F. The lowest BCUT2D eigenvalue weighted by Gasteiger charge is -2.21. The van der Waals surface area contributed by atoms with Crippen LogP contribution in [0.1, 0.15) is 12.8 Å². The summed E-state index contributed by atoms with van der Waals surface area (Å²) in [5.41, 5.74) is 0. The van der Waals surface area contributed by atoms with Crippen LogP contribution in [0.3, 0.4) is 0 Å². The molecule has 1 aliphatic heterocycles. The van der Waals surface area contributed by atoms with E-state index in [0.717, 1.165) is 13.1 Å². The second kappa shape index (κ2) is 5.27. The summed E-state index contributed by atoms with van der Waals surface area (Å²) in [6.07, 6.45) is 0.468. The molecule has 0 amide bonds. The van der Waals surface area contributed by atoms with Gasteiger partial charge in [0.15, 0.2) is 11.6 Å². The van der Waals surface area contributed by atoms with Crippen molar-refractivity contribution in [3.05, 3.63) is 30.1 Å². The predicted molar refractivity (Wildman–Crippen MR) is 58.9 cm³/mol. The van der Waals surface area contributed by atoms with Crippen molar-refractivity contribution in [3.63, 3.8) is 0 Å². The van der Waals surface area contributed by atoms with Crippen LogP contribution in [0.5, 0.6) is 5.75 Å². The topological polar surface area (TPSA) is 41.5 Å². The number of aliphatic hydroxyl groups is 1. The van der Waals surface area contributed by atoms with Gasteiger partial charge in [0, 0.05) is 0 Å². The van der Waals surface area contributed by atoms with Gasteiger partial charge in [-0.05, 0) is 38.1 Å². The minimum atomic E-state index is -0.533. The summed E-state index contributed by atoms with van der Waals surface area (Å²) in [6.45, 7) is 1.56. The van der Waals surface area contributed by atoms with Crippen LogP contribution >= 0.6 is 0 Å². The highest BCUT2D eigenvalue weighted by Crippen LogP contribution is 2.20. The minimum Gasteiger partial charge on any atom is -0.485 e. The number of hydrogen-bond donors (Lipinski definition) is 2. The highest BCUT2D eigenvalue weighted by molar-refractivity contribution is 5.24. The molecule has 3 nitrogen and oxygen atoms in total. The number of halogens is 1. The number of aliphatic hydroxyl groups excluding tert-OH is 1. The summed E-state index contributed by atoms with van der Waals surface area (Å²) in [4.78, 5) is 0. The van der Waals surface area contributed by atoms with Crippen molar-refractivity contribution >= 4 is 0 Å². The smallest absolute Gasteiger partial charge is 0.165 e. The Bertz CT molecular complexity index is 346. The molecule has 1 aromatic rings. The number of para-hydroxylation sites is 1. The Morgan fingerprint density at radius 1 is 1.25 bits per heavy atom. The van der Waals surface area contributed by atoms with E-state index in [1.165, 1.54) is 6.07 Å². The lowest BCUT2D eigenvalue weighted by atomic mass is 10.1. The van der Waals surface area contributed by atoms with Gasteiger partial charge in [-0.25, -0.2) is 4.39 Å². The lowest BCUT2D eigenvalue weighted by Crippen LogP contribution is -2.31. The summed E-state index contributed by atoms with van der Waals surface area (Å²) >= 11 is 0. The molecule has 88 valence electrons. The van der Waals surface area contributed by atoms with Gasteiger partial charge < -0.3 is 15.2 Å². The van der Waals surface area contributed by atoms with E-state index in [2.05, 4.69) is 5.32 Å². The van der Waals surface area contributed by atoms with Crippen molar-refractivity contribution in [1.29, 1.82) is 0 Å². The summed E-state index contributed by atoms with van der Waals surface area (Å²) in [5.74, 6) is -0.166. The molecule has 0 radical (unpaired) electrons. The zero-order valence-electron chi connectivity index (χ0n) is 9.03. The Morgan fingerprint density at radius 2 is 2.00 bits per heavy atom. The Labute approximate surface area is 94.2 Å². The van der Waals surface area contributed by atoms with Crippen molar-refractivity contribution in [2.24, 2.45) is 0 Å². The maximum atomic E-state index is 13.4. The molecule has 2 rings (SSSR count). The summed E-state index contributed by atoms with van der Waals surface area (Å²) in [6, 6.07) is 6.28. The number of nitrogens with one attached hydrogen (secondary N) is 1. The molecule has 16 heavy (non-hydrogen) atoms. The third-order valence-corrected chi connectivity index (χ3v) is 2.77. The maximum absolute atomic E-state index is 13.4. The van der Waals surface area contributed by atoms with E-state index in [1.54, 1.807) is 18.2 Å². The molecule has 0 unspecified atom stereocenters. The molecule has 4 heteroatoms. The predicted octanol–water partition coefficient (Wildman–Crippen LogP) is 1.32. The first-order chi connectivity index (χ1) is 7.77. The van der Waals surface area contributed by atoms with Crippen LogP contribution in [0.25, 0.3) is 0 Å². The number of ether oxygens (including phenoxy) is 1. The first-order valence-electron chi connectivity index (χ1n) is 5.57. The van der Waals surface area contributed by atoms with Gasteiger partial charge in [-0.1, -0.05) is 12.1 Å². The molecule has 1 saturated heterocycles. The van der Waals surface area contributed by atoms with Gasteiger partial charge in [0.05, 0.1) is 6.10 Å². The minimum absolute atomic E-state index is 0.216. The zero-order chi connectivity index (χ0) is 11.4. The fraction of sp³-hybridized carbons (Fsp3) is 0.500. The molecule has 1 heterocycles. The molecular formula is C12H16FNO2. The van der Waals surface area contributed by atoms with Gasteiger partial charge in [0.2, 0.25) is 0 Å². The molecule has 1 fully saturated rings. The number of hydrogen-bond acceptors (Lipinski definition) is 3. The molecule has 0 saturated carbocycles. The van der Waals surface area contributed by atoms with Crippen LogP contribution in [0.15, 0.2) is 24.3 Å². The molecule has 0 bridgehead atoms. The van der Waals surface area contributed by atoms with Crippen molar-refractivity contribution in [2.75, 3.05) is 13.1 Å². The second-order valence-electron chi connectivity index (χ2n) is 3.98. The summed E-state index contributed by atoms with van der Waals surface area (Å²) in [5, 5.41) is 13.0. The van der Waals surface area contributed by atoms with E-state index in [0.29, 0.717) is 12.8 Å². The van der Waals surface area contributed by atoms with E-state index < -0.39 is 6.10 Å². The molecule has 0 spiro atoms. The lowest BCUT2D eigenvalue weighted by molar-refractivity contribution is 0.0328. The molecule has 1 aliphatic rings. The van der Waals surface area contributed by atoms with E-state index in [9.17, 15) is 9.50 Å². The number of rotatable bonds is 2. The largest absolute Gasteiger partial charge is 0.485 e. The van der Waals surface area contributed by atoms with E-state index in [4.69, 9.17) is 4.74 Å². The van der Waals surface area contributed by atoms with E-state index in [1.807, 2.05) is 0 Å².